The number of nitrogens with zero attached hydrogens (tertiary/aromatic N) is 6. The van der Waals surface area contributed by atoms with Crippen molar-refractivity contribution < 1.29 is 14.3 Å². The molecule has 230 valence electrons. The number of methoxy groups -OCH3 is 2. The third-order valence-corrected chi connectivity index (χ3v) is 8.90. The van der Waals surface area contributed by atoms with Crippen molar-refractivity contribution in [3.63, 3.8) is 0 Å². The van der Waals surface area contributed by atoms with Gasteiger partial charge in [-0.05, 0) is 30.9 Å². The molecule has 1 aliphatic carbocycles. The maximum atomic E-state index is 12.4. The van der Waals surface area contributed by atoms with Gasteiger partial charge in [0.15, 0.2) is 11.6 Å². The Morgan fingerprint density at radius 1 is 1.11 bits per heavy atom. The number of pyridine rings is 1. The molecule has 6 rings (SSSR count). The lowest BCUT2D eigenvalue weighted by molar-refractivity contribution is -0.115. The molecule has 0 radical (unpaired) electrons. The molecule has 0 spiro atoms. The summed E-state index contributed by atoms with van der Waals surface area (Å²) in [6.45, 7) is 5.80. The van der Waals surface area contributed by atoms with Crippen LogP contribution in [0.1, 0.15) is 19.3 Å². The highest BCUT2D eigenvalue weighted by Crippen LogP contribution is 2.46. The Morgan fingerprint density at radius 2 is 1.86 bits per heavy atom. The fraction of sp³-hybridized carbons (Fsp3) is 0.387. The van der Waals surface area contributed by atoms with E-state index in [2.05, 4.69) is 32.2 Å². The Morgan fingerprint density at radius 3 is 2.50 bits per heavy atom. The number of ketones is 1. The van der Waals surface area contributed by atoms with E-state index in [0.29, 0.717) is 75.5 Å². The third kappa shape index (κ3) is 6.11. The monoisotopic (exact) mass is 636 g/mol. The first-order chi connectivity index (χ1) is 21.3. The molecule has 1 saturated heterocycles. The van der Waals surface area contributed by atoms with E-state index >= 15 is 0 Å². The minimum atomic E-state index is -0.0754. The van der Waals surface area contributed by atoms with E-state index in [1.165, 1.54) is 33.1 Å². The largest absolute Gasteiger partial charge is 0.495 e. The fourth-order valence-electron chi connectivity index (χ4n) is 5.57. The van der Waals surface area contributed by atoms with Crippen LogP contribution in [0, 0.1) is 11.8 Å². The average Bonchev–Trinajstić information content (AvgIpc) is 3.63. The Labute approximate surface area is 265 Å². The van der Waals surface area contributed by atoms with Gasteiger partial charge in [0.1, 0.15) is 17.0 Å². The van der Waals surface area contributed by atoms with E-state index in [1.807, 2.05) is 25.5 Å². The Balaban J connectivity index is 1.36. The summed E-state index contributed by atoms with van der Waals surface area (Å²) in [6, 6.07) is 3.43. The van der Waals surface area contributed by atoms with Crippen LogP contribution in [0.15, 0.2) is 43.4 Å². The fourth-order valence-corrected chi connectivity index (χ4v) is 6.26. The zero-order valence-corrected chi connectivity index (χ0v) is 26.3. The number of anilines is 3. The third-order valence-electron chi connectivity index (χ3n) is 8.15. The molecule has 44 heavy (non-hydrogen) atoms. The van der Waals surface area contributed by atoms with E-state index < -0.39 is 0 Å². The van der Waals surface area contributed by atoms with Crippen molar-refractivity contribution in [3.05, 3.63) is 53.4 Å². The minimum absolute atomic E-state index is 0.00375. The molecule has 1 aliphatic heterocycles. The van der Waals surface area contributed by atoms with Gasteiger partial charge in [-0.2, -0.15) is 5.10 Å². The molecule has 2 fully saturated rings. The van der Waals surface area contributed by atoms with Gasteiger partial charge in [0.25, 0.3) is 0 Å². The van der Waals surface area contributed by atoms with Crippen molar-refractivity contribution in [2.45, 2.75) is 25.3 Å². The van der Waals surface area contributed by atoms with Crippen molar-refractivity contribution in [2.75, 3.05) is 49.4 Å². The van der Waals surface area contributed by atoms with Gasteiger partial charge < -0.3 is 25.0 Å². The van der Waals surface area contributed by atoms with Crippen LogP contribution in [0.25, 0.3) is 22.2 Å². The Hall–Kier alpha value is -4.09. The molecule has 2 aliphatic rings. The lowest BCUT2D eigenvalue weighted by Crippen LogP contribution is -2.30. The van der Waals surface area contributed by atoms with Crippen LogP contribution in [0.4, 0.5) is 17.5 Å². The molecule has 0 amide bonds. The van der Waals surface area contributed by atoms with E-state index in [0.717, 1.165) is 17.6 Å². The number of aromatic nitrogens is 5. The molecule has 2 N–H and O–H groups in total. The molecule has 1 aromatic carbocycles. The van der Waals surface area contributed by atoms with Crippen molar-refractivity contribution >= 4 is 57.3 Å². The highest BCUT2D eigenvalue weighted by atomic mass is 35.5. The molecule has 0 unspecified atom stereocenters. The summed E-state index contributed by atoms with van der Waals surface area (Å²) in [5.74, 6) is 2.53. The van der Waals surface area contributed by atoms with Gasteiger partial charge in [0, 0.05) is 68.4 Å². The first-order valence-electron chi connectivity index (χ1n) is 14.4. The molecular weight excluding hydrogens is 603 g/mol. The number of benzene rings is 1. The molecule has 3 aromatic heterocycles. The Bertz CT molecular complexity index is 1700. The van der Waals surface area contributed by atoms with Crippen LogP contribution in [0.2, 0.25) is 10.0 Å². The second-order valence-electron chi connectivity index (χ2n) is 11.3. The molecular formula is C31H34Cl2N8O3. The topological polar surface area (TPSA) is 119 Å². The summed E-state index contributed by atoms with van der Waals surface area (Å²) in [5, 5.41) is 12.7. The molecule has 4 heterocycles. The number of carbonyl (C=O) groups is 1. The number of aryl methyl sites for hydroxylation is 1. The number of ether oxygens (including phenoxy) is 2. The van der Waals surface area contributed by atoms with E-state index in [9.17, 15) is 4.79 Å². The Kier molecular flexibility index (Phi) is 8.50. The number of nitrogens with one attached hydrogen (secondary N) is 2. The zero-order chi connectivity index (χ0) is 31.0. The van der Waals surface area contributed by atoms with Gasteiger partial charge in [-0.1, -0.05) is 29.8 Å². The zero-order valence-electron chi connectivity index (χ0n) is 24.8. The van der Waals surface area contributed by atoms with Gasteiger partial charge in [-0.25, -0.2) is 15.0 Å². The number of carbonyl (C=O) groups excluding carboxylic acids is 1. The number of halogens is 2. The minimum Gasteiger partial charge on any atom is -0.495 e. The number of hydrogen-bond donors (Lipinski definition) is 2. The van der Waals surface area contributed by atoms with Crippen molar-refractivity contribution in [2.24, 2.45) is 18.9 Å². The van der Waals surface area contributed by atoms with Crippen LogP contribution >= 0.6 is 23.2 Å². The molecule has 2 atom stereocenters. The number of hydrogen-bond acceptors (Lipinski definition) is 10. The predicted molar refractivity (Wildman–Crippen MR) is 173 cm³/mol. The highest BCUT2D eigenvalue weighted by molar-refractivity contribution is 6.41. The van der Waals surface area contributed by atoms with Crippen molar-refractivity contribution in [1.29, 1.82) is 0 Å². The van der Waals surface area contributed by atoms with Gasteiger partial charge in [-0.3, -0.25) is 9.48 Å². The molecule has 13 heteroatoms. The molecule has 1 saturated carbocycles. The molecule has 4 aromatic rings. The second kappa shape index (κ2) is 12.5. The summed E-state index contributed by atoms with van der Waals surface area (Å²) in [7, 11) is 4.96. The maximum absolute atomic E-state index is 12.4. The molecule has 11 nitrogen and oxygen atoms in total. The van der Waals surface area contributed by atoms with E-state index in [-0.39, 0.29) is 17.7 Å². The maximum Gasteiger partial charge on any atom is 0.223 e. The average molecular weight is 638 g/mol. The summed E-state index contributed by atoms with van der Waals surface area (Å²) in [5.41, 5.74) is 2.70. The van der Waals surface area contributed by atoms with Crippen molar-refractivity contribution in [1.82, 2.24) is 24.7 Å². The first kappa shape index (κ1) is 30.0. The summed E-state index contributed by atoms with van der Waals surface area (Å²) >= 11 is 13.5. The molecule has 0 bridgehead atoms. The highest BCUT2D eigenvalue weighted by Gasteiger charge is 2.35. The van der Waals surface area contributed by atoms with E-state index in [4.69, 9.17) is 42.6 Å². The SMILES string of the molecule is C=CC(=O)C[C@H]1CN(c2cnn(C)c2)C[C@H]1Nc1ncc2cc(-c3c(Cl)c(OC)cc(OC)c3Cl)nc(NCC3CC3)c2n1. The number of allylic oxidation sites excluding steroid dienone is 1. The lowest BCUT2D eigenvalue weighted by Gasteiger charge is -2.19. The van der Waals surface area contributed by atoms with Gasteiger partial charge in [-0.15, -0.1) is 0 Å². The first-order valence-corrected chi connectivity index (χ1v) is 15.2. The quantitative estimate of drug-likeness (QED) is 0.189. The van der Waals surface area contributed by atoms with Gasteiger partial charge in [0.05, 0.1) is 47.9 Å². The van der Waals surface area contributed by atoms with Gasteiger partial charge in [0.2, 0.25) is 5.95 Å². The van der Waals surface area contributed by atoms with E-state index in [1.54, 1.807) is 16.9 Å². The summed E-state index contributed by atoms with van der Waals surface area (Å²) < 4.78 is 12.7. The predicted octanol–water partition coefficient (Wildman–Crippen LogP) is 5.63. The number of rotatable bonds is 12. The summed E-state index contributed by atoms with van der Waals surface area (Å²) in [4.78, 5) is 29.1. The van der Waals surface area contributed by atoms with Crippen LogP contribution < -0.4 is 25.0 Å². The normalized spacial score (nSPS) is 18.0. The smallest absolute Gasteiger partial charge is 0.223 e. The lowest BCUT2D eigenvalue weighted by atomic mass is 9.97. The standard InChI is InChI=1S/C31H34Cl2N8O3/c1-5-21(42)8-19-14-41(20-13-36-40(2)15-20)16-23(19)38-31-35-12-18-9-22(37-30(29(18)39-31)34-11-17-6-7-17)26-27(32)24(43-3)10-25(44-4)28(26)33/h5,9-10,12-13,15,17,19,23H,1,6-8,11,14,16H2,2-4H3,(H,34,37)(H,35,38,39)/t19-,23+/m0/s1. The summed E-state index contributed by atoms with van der Waals surface area (Å²) in [6.07, 6.45) is 9.67. The van der Waals surface area contributed by atoms with Crippen LogP contribution in [0.3, 0.4) is 0 Å². The van der Waals surface area contributed by atoms with Gasteiger partial charge >= 0.3 is 0 Å². The van der Waals surface area contributed by atoms with Crippen molar-refractivity contribution in [3.8, 4) is 22.8 Å². The second-order valence-corrected chi connectivity index (χ2v) is 12.0. The number of fused-ring (bicyclic) bond motifs is 1. The van der Waals surface area contributed by atoms with Crippen LogP contribution in [-0.2, 0) is 11.8 Å². The van der Waals surface area contributed by atoms with Crippen LogP contribution in [0.5, 0.6) is 11.5 Å². The van der Waals surface area contributed by atoms with Crippen LogP contribution in [-0.4, -0.2) is 70.4 Å².